The molecule has 1 aromatic carbocycles. The van der Waals surface area contributed by atoms with E-state index in [-0.39, 0.29) is 29.6 Å². The molecule has 0 radical (unpaired) electrons. The molecule has 7 nitrogen and oxygen atoms in total. The molecule has 0 spiro atoms. The summed E-state index contributed by atoms with van der Waals surface area (Å²) in [5, 5.41) is 1.04. The number of nitrogens with zero attached hydrogens (tertiary/aromatic N) is 4. The molecular formula is C25H28Cl2N4O3. The number of piperazine rings is 1. The van der Waals surface area contributed by atoms with Crippen LogP contribution in [0.5, 0.6) is 0 Å². The van der Waals surface area contributed by atoms with Crippen molar-refractivity contribution in [1.29, 1.82) is 0 Å². The fourth-order valence-corrected chi connectivity index (χ4v) is 5.90. The second-order valence-electron chi connectivity index (χ2n) is 9.57. The Morgan fingerprint density at radius 1 is 0.941 bits per heavy atom. The van der Waals surface area contributed by atoms with E-state index in [0.29, 0.717) is 55.2 Å². The van der Waals surface area contributed by atoms with Crippen LogP contribution in [0.1, 0.15) is 24.5 Å². The van der Waals surface area contributed by atoms with Gasteiger partial charge in [-0.25, -0.2) is 0 Å². The van der Waals surface area contributed by atoms with Crippen molar-refractivity contribution in [3.05, 3.63) is 62.5 Å². The molecule has 2 bridgehead atoms. The van der Waals surface area contributed by atoms with E-state index < -0.39 is 0 Å². The van der Waals surface area contributed by atoms with Crippen LogP contribution in [0.4, 0.5) is 5.69 Å². The van der Waals surface area contributed by atoms with E-state index in [2.05, 4.69) is 9.80 Å². The van der Waals surface area contributed by atoms with Crippen LogP contribution in [0.15, 0.2) is 41.2 Å². The van der Waals surface area contributed by atoms with E-state index in [1.807, 2.05) is 28.8 Å². The maximum atomic E-state index is 12.8. The van der Waals surface area contributed by atoms with Gasteiger partial charge in [0.2, 0.25) is 5.91 Å². The Morgan fingerprint density at radius 3 is 2.50 bits per heavy atom. The van der Waals surface area contributed by atoms with Crippen LogP contribution in [-0.4, -0.2) is 71.9 Å². The Morgan fingerprint density at radius 2 is 1.74 bits per heavy atom. The third-order valence-corrected chi connectivity index (χ3v) is 7.94. The van der Waals surface area contributed by atoms with Gasteiger partial charge in [0.1, 0.15) is 0 Å². The summed E-state index contributed by atoms with van der Waals surface area (Å²) in [6.45, 7) is 5.06. The first-order valence-corrected chi connectivity index (χ1v) is 12.5. The molecule has 2 atom stereocenters. The second-order valence-corrected chi connectivity index (χ2v) is 10.4. The Hall–Kier alpha value is -2.35. The largest absolute Gasteiger partial charge is 0.368 e. The lowest BCUT2D eigenvalue weighted by molar-refractivity contribution is -0.136. The number of pyridine rings is 1. The van der Waals surface area contributed by atoms with Crippen molar-refractivity contribution >= 4 is 40.6 Å². The minimum atomic E-state index is -0.104. The minimum Gasteiger partial charge on any atom is -0.368 e. The lowest BCUT2D eigenvalue weighted by Crippen LogP contribution is -2.50. The van der Waals surface area contributed by atoms with Crippen LogP contribution in [0.3, 0.4) is 0 Å². The molecule has 2 saturated heterocycles. The van der Waals surface area contributed by atoms with Crippen molar-refractivity contribution in [3.63, 3.8) is 0 Å². The molecule has 3 aliphatic rings. The third-order valence-electron chi connectivity index (χ3n) is 7.20. The fourth-order valence-electron chi connectivity index (χ4n) is 5.61. The van der Waals surface area contributed by atoms with Crippen LogP contribution < -0.4 is 10.5 Å². The molecule has 0 saturated carbocycles. The second kappa shape index (κ2) is 9.72. The number of carbonyl (C=O) groups excluding carboxylic acids is 2. The molecular weight excluding hydrogens is 475 g/mol. The fraction of sp³-hybridized carbons (Fsp3) is 0.480. The molecule has 1 amide bonds. The Bertz CT molecular complexity index is 1160. The number of likely N-dealkylation sites (tertiary alicyclic amines) is 1. The van der Waals surface area contributed by atoms with E-state index in [1.54, 1.807) is 17.0 Å². The molecule has 1 aromatic heterocycles. The molecule has 9 heteroatoms. The topological polar surface area (TPSA) is 65.9 Å². The number of halogens is 2. The molecule has 4 heterocycles. The van der Waals surface area contributed by atoms with Gasteiger partial charge >= 0.3 is 0 Å². The number of amides is 1. The lowest BCUT2D eigenvalue weighted by Gasteiger charge is -2.42. The van der Waals surface area contributed by atoms with Crippen LogP contribution in [0.25, 0.3) is 0 Å². The van der Waals surface area contributed by atoms with Crippen LogP contribution in [0.2, 0.25) is 10.0 Å². The summed E-state index contributed by atoms with van der Waals surface area (Å²) in [6.07, 6.45) is 0.991. The number of hydrogen-bond acceptors (Lipinski definition) is 5. The number of anilines is 1. The summed E-state index contributed by atoms with van der Waals surface area (Å²) in [5.74, 6) is 0.485. The van der Waals surface area contributed by atoms with Gasteiger partial charge in [0.25, 0.3) is 5.56 Å². The normalized spacial score (nSPS) is 22.4. The highest BCUT2D eigenvalue weighted by molar-refractivity contribution is 6.42. The predicted octanol–water partition coefficient (Wildman–Crippen LogP) is 2.88. The summed E-state index contributed by atoms with van der Waals surface area (Å²) in [7, 11) is 0. The van der Waals surface area contributed by atoms with Crippen molar-refractivity contribution in [3.8, 4) is 0 Å². The van der Waals surface area contributed by atoms with E-state index in [1.165, 1.54) is 0 Å². The molecule has 3 aliphatic heterocycles. The average molecular weight is 503 g/mol. The molecule has 2 fully saturated rings. The third kappa shape index (κ3) is 4.88. The quantitative estimate of drug-likeness (QED) is 0.588. The molecule has 2 aromatic rings. The lowest BCUT2D eigenvalue weighted by atomic mass is 9.83. The zero-order valence-electron chi connectivity index (χ0n) is 19.0. The molecule has 34 heavy (non-hydrogen) atoms. The van der Waals surface area contributed by atoms with E-state index in [9.17, 15) is 14.4 Å². The van der Waals surface area contributed by atoms with Crippen molar-refractivity contribution in [2.24, 2.45) is 5.92 Å². The summed E-state index contributed by atoms with van der Waals surface area (Å²) in [4.78, 5) is 43.8. The number of ketones is 1. The highest BCUT2D eigenvalue weighted by atomic mass is 35.5. The molecule has 0 aliphatic carbocycles. The predicted molar refractivity (Wildman–Crippen MR) is 133 cm³/mol. The number of Topliss-reactive ketones (excluding diaryl/α,β-unsaturated/α-hetero) is 1. The van der Waals surface area contributed by atoms with Crippen molar-refractivity contribution in [1.82, 2.24) is 14.4 Å². The van der Waals surface area contributed by atoms with Crippen LogP contribution in [-0.2, 0) is 16.1 Å². The number of hydrogen-bond donors (Lipinski definition) is 0. The number of piperidine rings is 1. The maximum absolute atomic E-state index is 12.8. The van der Waals surface area contributed by atoms with Gasteiger partial charge in [-0.05, 0) is 36.6 Å². The van der Waals surface area contributed by atoms with Gasteiger partial charge in [0.15, 0.2) is 5.78 Å². The van der Waals surface area contributed by atoms with Gasteiger partial charge < -0.3 is 14.4 Å². The van der Waals surface area contributed by atoms with Crippen molar-refractivity contribution < 1.29 is 9.59 Å². The highest BCUT2D eigenvalue weighted by Gasteiger charge is 2.35. The zero-order chi connectivity index (χ0) is 23.8. The minimum absolute atomic E-state index is 0.0395. The van der Waals surface area contributed by atoms with Gasteiger partial charge in [0.05, 0.1) is 23.0 Å². The number of carbonyl (C=O) groups is 2. The van der Waals surface area contributed by atoms with Crippen molar-refractivity contribution in [2.75, 3.05) is 50.7 Å². The van der Waals surface area contributed by atoms with E-state index >= 15 is 0 Å². The highest BCUT2D eigenvalue weighted by Crippen LogP contribution is 2.35. The summed E-state index contributed by atoms with van der Waals surface area (Å²) < 4.78 is 1.89. The number of fused-ring (bicyclic) bond motifs is 4. The molecule has 5 rings (SSSR count). The van der Waals surface area contributed by atoms with Gasteiger partial charge in [-0.3, -0.25) is 19.3 Å². The maximum Gasteiger partial charge on any atom is 0.250 e. The molecule has 0 N–H and O–H groups in total. The molecule has 180 valence electrons. The van der Waals surface area contributed by atoms with Gasteiger partial charge in [-0.15, -0.1) is 0 Å². The Kier molecular flexibility index (Phi) is 6.69. The number of rotatable bonds is 5. The van der Waals surface area contributed by atoms with Crippen LogP contribution in [0, 0.1) is 5.92 Å². The monoisotopic (exact) mass is 502 g/mol. The van der Waals surface area contributed by atoms with Crippen molar-refractivity contribution in [2.45, 2.75) is 25.3 Å². The van der Waals surface area contributed by atoms with Crippen LogP contribution >= 0.6 is 23.2 Å². The average Bonchev–Trinajstić information content (AvgIpc) is 2.81. The number of aromatic nitrogens is 1. The first kappa shape index (κ1) is 23.4. The van der Waals surface area contributed by atoms with E-state index in [0.717, 1.165) is 30.9 Å². The number of benzene rings is 1. The first-order valence-electron chi connectivity index (χ1n) is 11.8. The SMILES string of the molecule is O=C(CC(=O)N1CCN(c2ccc(Cl)c(Cl)c2)CC1)CN1CC2CC(C1)c1cccc(=O)n1C2. The summed E-state index contributed by atoms with van der Waals surface area (Å²) >= 11 is 12.1. The smallest absolute Gasteiger partial charge is 0.250 e. The zero-order valence-corrected chi connectivity index (χ0v) is 20.5. The van der Waals surface area contributed by atoms with Gasteiger partial charge in [-0.2, -0.15) is 0 Å². The Labute approximate surface area is 208 Å². The first-order chi connectivity index (χ1) is 16.4. The summed E-state index contributed by atoms with van der Waals surface area (Å²) in [6, 6.07) is 11.0. The molecule has 2 unspecified atom stereocenters. The standard InChI is InChI=1S/C25H28Cl2N4O3/c26-21-5-4-19(11-22(21)27)29-6-8-30(9-7-29)25(34)12-20(32)16-28-13-17-10-18(15-28)23-2-1-3-24(33)31(23)14-17/h1-5,11,17-18H,6-10,12-16H2. The van der Waals surface area contributed by atoms with Gasteiger partial charge in [-0.1, -0.05) is 29.3 Å². The Balaban J connectivity index is 1.12. The van der Waals surface area contributed by atoms with Gasteiger partial charge in [0, 0.05) is 69.2 Å². The van der Waals surface area contributed by atoms with E-state index in [4.69, 9.17) is 23.2 Å². The summed E-state index contributed by atoms with van der Waals surface area (Å²) in [5.41, 5.74) is 2.11.